The number of rotatable bonds is 6. The SMILES string of the molecule is O=C1C[C@@H]2C[C@H](Oc3c(N4CCN(S(=O)(=O)C5CC5)CC4)cnn(-c4cc(F)cc(F)c4)c3=O)C[C@@H]2O1. The summed E-state index contributed by atoms with van der Waals surface area (Å²) in [6, 6.07) is 2.71. The minimum Gasteiger partial charge on any atom is -0.483 e. The molecule has 3 atom stereocenters. The lowest BCUT2D eigenvalue weighted by molar-refractivity contribution is -0.141. The number of anilines is 1. The van der Waals surface area contributed by atoms with Crippen LogP contribution < -0.4 is 15.2 Å². The summed E-state index contributed by atoms with van der Waals surface area (Å²) in [6.45, 7) is 1.19. The van der Waals surface area contributed by atoms with Crippen LogP contribution in [0, 0.1) is 17.6 Å². The maximum Gasteiger partial charge on any atom is 0.316 e. The second kappa shape index (κ2) is 9.05. The first-order valence-electron chi connectivity index (χ1n) is 12.4. The molecule has 0 spiro atoms. The Morgan fingerprint density at radius 3 is 2.35 bits per heavy atom. The third kappa shape index (κ3) is 4.58. The van der Waals surface area contributed by atoms with Crippen LogP contribution >= 0.6 is 0 Å². The van der Waals surface area contributed by atoms with E-state index in [-0.39, 0.29) is 47.8 Å². The molecule has 0 amide bonds. The molecule has 4 fully saturated rings. The van der Waals surface area contributed by atoms with Gasteiger partial charge in [-0.15, -0.1) is 0 Å². The van der Waals surface area contributed by atoms with E-state index in [2.05, 4.69) is 5.10 Å². The molecule has 2 aromatic rings. The van der Waals surface area contributed by atoms with E-state index in [1.807, 2.05) is 4.90 Å². The van der Waals surface area contributed by atoms with Crippen LogP contribution in [0.4, 0.5) is 14.5 Å². The van der Waals surface area contributed by atoms with Gasteiger partial charge in [0.1, 0.15) is 29.5 Å². The maximum atomic E-state index is 13.9. The zero-order valence-corrected chi connectivity index (χ0v) is 20.7. The van der Waals surface area contributed by atoms with Crippen molar-refractivity contribution in [3.05, 3.63) is 46.4 Å². The van der Waals surface area contributed by atoms with E-state index in [4.69, 9.17) is 9.47 Å². The fourth-order valence-electron chi connectivity index (χ4n) is 5.46. The number of nitrogens with zero attached hydrogens (tertiary/aromatic N) is 4. The topological polar surface area (TPSA) is 111 Å². The van der Waals surface area contributed by atoms with Crippen molar-refractivity contribution in [2.24, 2.45) is 5.92 Å². The molecule has 0 N–H and O–H groups in total. The summed E-state index contributed by atoms with van der Waals surface area (Å²) in [4.78, 5) is 27.0. The Labute approximate surface area is 211 Å². The Hall–Kier alpha value is -3.06. The molecule has 10 nitrogen and oxygen atoms in total. The first-order chi connectivity index (χ1) is 17.7. The Bertz CT molecular complexity index is 1370. The second-order valence-corrected chi connectivity index (χ2v) is 12.3. The zero-order valence-electron chi connectivity index (χ0n) is 19.9. The van der Waals surface area contributed by atoms with E-state index in [9.17, 15) is 26.8 Å². The predicted molar refractivity (Wildman–Crippen MR) is 127 cm³/mol. The van der Waals surface area contributed by atoms with Crippen molar-refractivity contribution in [2.45, 2.75) is 49.6 Å². The molecule has 0 radical (unpaired) electrons. The largest absolute Gasteiger partial charge is 0.483 e. The normalized spacial score (nSPS) is 26.3. The molecule has 2 saturated carbocycles. The number of piperazine rings is 1. The molecule has 0 unspecified atom stereocenters. The summed E-state index contributed by atoms with van der Waals surface area (Å²) in [5, 5.41) is 3.86. The molecule has 13 heteroatoms. The van der Waals surface area contributed by atoms with Crippen LogP contribution in [0.25, 0.3) is 5.69 Å². The minimum absolute atomic E-state index is 0.0125. The van der Waals surface area contributed by atoms with Crippen LogP contribution in [0.5, 0.6) is 5.75 Å². The lowest BCUT2D eigenvalue weighted by Gasteiger charge is -2.36. The molecule has 198 valence electrons. The summed E-state index contributed by atoms with van der Waals surface area (Å²) < 4.78 is 67.0. The average molecular weight is 537 g/mol. The first kappa shape index (κ1) is 24.3. The van der Waals surface area contributed by atoms with Crippen molar-refractivity contribution in [1.82, 2.24) is 14.1 Å². The minimum atomic E-state index is -3.31. The van der Waals surface area contributed by atoms with Crippen LogP contribution in [0.3, 0.4) is 0 Å². The summed E-state index contributed by atoms with van der Waals surface area (Å²) >= 11 is 0. The molecular weight excluding hydrogens is 510 g/mol. The molecule has 1 aromatic carbocycles. The van der Waals surface area contributed by atoms with E-state index in [1.54, 1.807) is 0 Å². The molecule has 2 aliphatic heterocycles. The second-order valence-electron chi connectivity index (χ2n) is 10.0. The van der Waals surface area contributed by atoms with Crippen LogP contribution in [-0.2, 0) is 19.6 Å². The highest BCUT2D eigenvalue weighted by Gasteiger charge is 2.45. The van der Waals surface area contributed by atoms with Crippen LogP contribution in [-0.4, -0.2) is 72.1 Å². The fraction of sp³-hybridized carbons (Fsp3) is 0.542. The van der Waals surface area contributed by atoms with Gasteiger partial charge in [-0.05, 0) is 31.4 Å². The molecule has 3 heterocycles. The van der Waals surface area contributed by atoms with Gasteiger partial charge in [0.25, 0.3) is 0 Å². The molecule has 1 aromatic heterocycles. The van der Waals surface area contributed by atoms with Gasteiger partial charge in [-0.1, -0.05) is 0 Å². The molecule has 2 saturated heterocycles. The van der Waals surface area contributed by atoms with Crippen molar-refractivity contribution in [1.29, 1.82) is 0 Å². The molecule has 0 bridgehead atoms. The average Bonchev–Trinajstić information content (AvgIpc) is 3.57. The highest BCUT2D eigenvalue weighted by Crippen LogP contribution is 2.39. The highest BCUT2D eigenvalue weighted by molar-refractivity contribution is 7.90. The highest BCUT2D eigenvalue weighted by atomic mass is 32.2. The molecule has 6 rings (SSSR count). The van der Waals surface area contributed by atoms with Crippen molar-refractivity contribution >= 4 is 21.7 Å². The third-order valence-corrected chi connectivity index (χ3v) is 9.87. The Morgan fingerprint density at radius 1 is 1.00 bits per heavy atom. The van der Waals surface area contributed by atoms with Gasteiger partial charge in [-0.2, -0.15) is 14.1 Å². The maximum absolute atomic E-state index is 13.9. The Morgan fingerprint density at radius 2 is 1.70 bits per heavy atom. The van der Waals surface area contributed by atoms with Crippen LogP contribution in [0.2, 0.25) is 0 Å². The number of halogens is 2. The number of fused-ring (bicyclic) bond motifs is 1. The fourth-order valence-corrected chi connectivity index (χ4v) is 7.29. The monoisotopic (exact) mass is 536 g/mol. The van der Waals surface area contributed by atoms with Gasteiger partial charge >= 0.3 is 11.5 Å². The number of carbonyl (C=O) groups is 1. The van der Waals surface area contributed by atoms with Crippen LogP contribution in [0.15, 0.2) is 29.2 Å². The number of carbonyl (C=O) groups excluding carboxylic acids is 1. The van der Waals surface area contributed by atoms with E-state index in [1.165, 1.54) is 10.5 Å². The third-order valence-electron chi connectivity index (χ3n) is 7.47. The van der Waals surface area contributed by atoms with Crippen molar-refractivity contribution < 1.29 is 31.5 Å². The van der Waals surface area contributed by atoms with Gasteiger partial charge in [0.2, 0.25) is 15.8 Å². The summed E-state index contributed by atoms with van der Waals surface area (Å²) in [5.74, 6) is -1.97. The summed E-state index contributed by atoms with van der Waals surface area (Å²) in [6.07, 6.45) is 3.37. The number of sulfonamides is 1. The molecule has 4 aliphatic rings. The van der Waals surface area contributed by atoms with Crippen LogP contribution in [0.1, 0.15) is 32.1 Å². The first-order valence-corrected chi connectivity index (χ1v) is 13.9. The lowest BCUT2D eigenvalue weighted by Crippen LogP contribution is -2.50. The number of hydrogen-bond donors (Lipinski definition) is 0. The van der Waals surface area contributed by atoms with Crippen molar-refractivity contribution in [3.8, 4) is 11.4 Å². The molecular formula is C24H26F2N4O6S. The number of ether oxygens (including phenoxy) is 2. The number of aromatic nitrogens is 2. The van der Waals surface area contributed by atoms with Crippen molar-refractivity contribution in [3.63, 3.8) is 0 Å². The summed E-state index contributed by atoms with van der Waals surface area (Å²) in [5.41, 5.74) is -0.392. The van der Waals surface area contributed by atoms with Gasteiger partial charge in [0, 0.05) is 44.6 Å². The van der Waals surface area contributed by atoms with Gasteiger partial charge in [0.15, 0.2) is 0 Å². The zero-order chi connectivity index (χ0) is 25.9. The Kier molecular flexibility index (Phi) is 5.94. The van der Waals surface area contributed by atoms with Gasteiger partial charge in [-0.3, -0.25) is 9.59 Å². The van der Waals surface area contributed by atoms with E-state index >= 15 is 0 Å². The quantitative estimate of drug-likeness (QED) is 0.512. The van der Waals surface area contributed by atoms with E-state index in [0.717, 1.165) is 16.8 Å². The number of hydrogen-bond acceptors (Lipinski definition) is 8. The van der Waals surface area contributed by atoms with E-state index in [0.29, 0.717) is 56.9 Å². The van der Waals surface area contributed by atoms with Gasteiger partial charge in [-0.25, -0.2) is 17.2 Å². The van der Waals surface area contributed by atoms with E-state index < -0.39 is 33.3 Å². The predicted octanol–water partition coefficient (Wildman–Crippen LogP) is 1.60. The number of benzene rings is 1. The summed E-state index contributed by atoms with van der Waals surface area (Å²) in [7, 11) is -3.31. The van der Waals surface area contributed by atoms with Gasteiger partial charge in [0.05, 0.1) is 23.6 Å². The smallest absolute Gasteiger partial charge is 0.316 e. The lowest BCUT2D eigenvalue weighted by atomic mass is 10.1. The molecule has 37 heavy (non-hydrogen) atoms. The standard InChI is InChI=1S/C24H26F2N4O6S/c25-15-9-16(26)11-17(10-15)30-24(32)23(35-18-7-14-8-22(31)36-21(14)12-18)20(13-27-30)28-3-5-29(6-4-28)37(33,34)19-1-2-19/h9-11,13-14,18-19,21H,1-8,12H2/t14-,18-,21-/m0/s1. The number of esters is 1. The van der Waals surface area contributed by atoms with Crippen molar-refractivity contribution in [2.75, 3.05) is 31.1 Å². The Balaban J connectivity index is 1.30. The molecule has 2 aliphatic carbocycles. The van der Waals surface area contributed by atoms with Gasteiger partial charge < -0.3 is 14.4 Å².